The van der Waals surface area contributed by atoms with Crippen LogP contribution in [0.1, 0.15) is 11.3 Å². The van der Waals surface area contributed by atoms with Crippen molar-refractivity contribution in [2.75, 3.05) is 5.73 Å². The molecule has 5 heteroatoms. The Hall–Kier alpha value is -1.91. The lowest BCUT2D eigenvalue weighted by Gasteiger charge is -2.04. The number of nitrogens with zero attached hydrogens (tertiary/aromatic N) is 4. The van der Waals surface area contributed by atoms with Gasteiger partial charge in [0.05, 0.1) is 0 Å². The minimum Gasteiger partial charge on any atom is -0.383 e. The summed E-state index contributed by atoms with van der Waals surface area (Å²) in [5.74, 6) is 1.00. The molecule has 0 amide bonds. The third-order valence-electron chi connectivity index (χ3n) is 2.02. The maximum atomic E-state index is 5.68. The Morgan fingerprint density at radius 3 is 2.71 bits per heavy atom. The summed E-state index contributed by atoms with van der Waals surface area (Å²) < 4.78 is 1.65. The molecule has 2 aromatic heterocycles. The number of nitrogens with two attached hydrogens (primary N) is 1. The van der Waals surface area contributed by atoms with E-state index in [1.54, 1.807) is 17.1 Å². The zero-order valence-corrected chi connectivity index (χ0v) is 8.10. The van der Waals surface area contributed by atoms with E-state index in [1.165, 1.54) is 0 Å². The first kappa shape index (κ1) is 8.68. The van der Waals surface area contributed by atoms with E-state index in [2.05, 4.69) is 15.1 Å². The molecule has 0 radical (unpaired) electrons. The Labute approximate surface area is 81.6 Å². The van der Waals surface area contributed by atoms with Gasteiger partial charge in [0.15, 0.2) is 0 Å². The maximum absolute atomic E-state index is 5.68. The molecule has 5 nitrogen and oxygen atoms in total. The Morgan fingerprint density at radius 2 is 2.14 bits per heavy atom. The molecule has 0 aromatic carbocycles. The number of anilines is 1. The molecule has 2 heterocycles. The fourth-order valence-electron chi connectivity index (χ4n) is 1.13. The third kappa shape index (κ3) is 1.32. The van der Waals surface area contributed by atoms with Crippen LogP contribution in [-0.4, -0.2) is 19.7 Å². The molecular formula is C9H11N5. The number of rotatable bonds is 1. The summed E-state index contributed by atoms with van der Waals surface area (Å²) >= 11 is 0. The largest absolute Gasteiger partial charge is 0.383 e. The van der Waals surface area contributed by atoms with E-state index in [0.717, 1.165) is 11.3 Å². The Kier molecular flexibility index (Phi) is 1.92. The van der Waals surface area contributed by atoms with Crippen LogP contribution < -0.4 is 5.73 Å². The van der Waals surface area contributed by atoms with E-state index in [9.17, 15) is 0 Å². The van der Waals surface area contributed by atoms with Gasteiger partial charge in [0.25, 0.3) is 5.95 Å². The summed E-state index contributed by atoms with van der Waals surface area (Å²) in [7, 11) is 0. The topological polar surface area (TPSA) is 69.6 Å². The predicted molar refractivity (Wildman–Crippen MR) is 53.0 cm³/mol. The summed E-state index contributed by atoms with van der Waals surface area (Å²) in [5, 5.41) is 4.09. The molecule has 0 unspecified atom stereocenters. The third-order valence-corrected chi connectivity index (χ3v) is 2.02. The van der Waals surface area contributed by atoms with Crippen molar-refractivity contribution in [3.63, 3.8) is 0 Å². The normalized spacial score (nSPS) is 10.4. The highest BCUT2D eigenvalue weighted by Gasteiger charge is 2.05. The lowest BCUT2D eigenvalue weighted by molar-refractivity contribution is 0.783. The second-order valence-corrected chi connectivity index (χ2v) is 3.12. The van der Waals surface area contributed by atoms with Crippen molar-refractivity contribution in [1.29, 1.82) is 0 Å². The SMILES string of the molecule is Cc1cnc(-n2nccc2C)nc1N. The standard InChI is InChI=1S/C9H11N5/c1-6-5-11-9(13-8(6)10)14-7(2)3-4-12-14/h3-5H,1-2H3,(H2,10,11,13). The van der Waals surface area contributed by atoms with Crippen LogP contribution in [0.2, 0.25) is 0 Å². The van der Waals surface area contributed by atoms with Crippen LogP contribution in [0.3, 0.4) is 0 Å². The quantitative estimate of drug-likeness (QED) is 0.722. The van der Waals surface area contributed by atoms with Gasteiger partial charge in [0, 0.05) is 23.7 Å². The van der Waals surface area contributed by atoms with Crippen LogP contribution in [0.15, 0.2) is 18.5 Å². The second kappa shape index (κ2) is 3.10. The minimum absolute atomic E-state index is 0.491. The average Bonchev–Trinajstić information content (AvgIpc) is 2.57. The molecule has 2 N–H and O–H groups in total. The summed E-state index contributed by atoms with van der Waals surface area (Å²) in [5.41, 5.74) is 7.54. The van der Waals surface area contributed by atoms with Crippen molar-refractivity contribution < 1.29 is 0 Å². The molecule has 0 saturated heterocycles. The highest BCUT2D eigenvalue weighted by molar-refractivity contribution is 5.38. The van der Waals surface area contributed by atoms with E-state index in [0.29, 0.717) is 11.8 Å². The van der Waals surface area contributed by atoms with Crippen molar-refractivity contribution in [1.82, 2.24) is 19.7 Å². The molecule has 0 spiro atoms. The summed E-state index contributed by atoms with van der Waals surface area (Å²) in [6.45, 7) is 3.81. The molecule has 0 bridgehead atoms. The van der Waals surface area contributed by atoms with Crippen molar-refractivity contribution in [2.24, 2.45) is 0 Å². The van der Waals surface area contributed by atoms with Crippen LogP contribution >= 0.6 is 0 Å². The number of nitrogen functional groups attached to an aromatic ring is 1. The fraction of sp³-hybridized carbons (Fsp3) is 0.222. The first-order valence-corrected chi connectivity index (χ1v) is 4.28. The van der Waals surface area contributed by atoms with Gasteiger partial charge < -0.3 is 5.73 Å². The molecule has 2 aromatic rings. The summed E-state index contributed by atoms with van der Waals surface area (Å²) in [6.07, 6.45) is 3.40. The number of hydrogen-bond acceptors (Lipinski definition) is 4. The Morgan fingerprint density at radius 1 is 1.36 bits per heavy atom. The van der Waals surface area contributed by atoms with Crippen LogP contribution in [-0.2, 0) is 0 Å². The molecule has 0 fully saturated rings. The van der Waals surface area contributed by atoms with Crippen LogP contribution in [0, 0.1) is 13.8 Å². The highest BCUT2D eigenvalue weighted by Crippen LogP contribution is 2.09. The number of hydrogen-bond donors (Lipinski definition) is 1. The molecule has 0 aliphatic carbocycles. The maximum Gasteiger partial charge on any atom is 0.252 e. The van der Waals surface area contributed by atoms with E-state index in [4.69, 9.17) is 5.73 Å². The lowest BCUT2D eigenvalue weighted by Crippen LogP contribution is -2.07. The molecule has 2 rings (SSSR count). The lowest BCUT2D eigenvalue weighted by atomic mass is 10.3. The van der Waals surface area contributed by atoms with Gasteiger partial charge >= 0.3 is 0 Å². The number of aromatic nitrogens is 4. The zero-order chi connectivity index (χ0) is 10.1. The monoisotopic (exact) mass is 189 g/mol. The molecule has 0 atom stereocenters. The van der Waals surface area contributed by atoms with Crippen LogP contribution in [0.4, 0.5) is 5.82 Å². The minimum atomic E-state index is 0.491. The smallest absolute Gasteiger partial charge is 0.252 e. The second-order valence-electron chi connectivity index (χ2n) is 3.12. The van der Waals surface area contributed by atoms with Crippen LogP contribution in [0.25, 0.3) is 5.95 Å². The fourth-order valence-corrected chi connectivity index (χ4v) is 1.13. The molecule has 72 valence electrons. The molecule has 0 saturated carbocycles. The van der Waals surface area contributed by atoms with Crippen molar-refractivity contribution >= 4 is 5.82 Å². The van der Waals surface area contributed by atoms with Gasteiger partial charge in [-0.25, -0.2) is 9.67 Å². The summed E-state index contributed by atoms with van der Waals surface area (Å²) in [6, 6.07) is 1.89. The Bertz CT molecular complexity index is 460. The number of aryl methyl sites for hydroxylation is 2. The van der Waals surface area contributed by atoms with E-state index in [-0.39, 0.29) is 0 Å². The van der Waals surface area contributed by atoms with E-state index < -0.39 is 0 Å². The van der Waals surface area contributed by atoms with Gasteiger partial charge in [-0.3, -0.25) is 0 Å². The molecule has 14 heavy (non-hydrogen) atoms. The first-order valence-electron chi connectivity index (χ1n) is 4.28. The van der Waals surface area contributed by atoms with Gasteiger partial charge in [-0.1, -0.05) is 0 Å². The van der Waals surface area contributed by atoms with Gasteiger partial charge in [0.1, 0.15) is 5.82 Å². The van der Waals surface area contributed by atoms with Gasteiger partial charge in [0.2, 0.25) is 0 Å². The summed E-state index contributed by atoms with van der Waals surface area (Å²) in [4.78, 5) is 8.29. The van der Waals surface area contributed by atoms with Crippen molar-refractivity contribution in [3.05, 3.63) is 29.7 Å². The average molecular weight is 189 g/mol. The highest BCUT2D eigenvalue weighted by atomic mass is 15.3. The first-order chi connectivity index (χ1) is 6.68. The van der Waals surface area contributed by atoms with Gasteiger partial charge in [-0.15, -0.1) is 0 Å². The van der Waals surface area contributed by atoms with Crippen molar-refractivity contribution in [2.45, 2.75) is 13.8 Å². The van der Waals surface area contributed by atoms with Gasteiger partial charge in [-0.2, -0.15) is 10.1 Å². The van der Waals surface area contributed by atoms with E-state index >= 15 is 0 Å². The van der Waals surface area contributed by atoms with E-state index in [1.807, 2.05) is 19.9 Å². The predicted octanol–water partition coefficient (Wildman–Crippen LogP) is 0.861. The molecular weight excluding hydrogens is 178 g/mol. The van der Waals surface area contributed by atoms with Crippen LogP contribution in [0.5, 0.6) is 0 Å². The van der Waals surface area contributed by atoms with Crippen molar-refractivity contribution in [3.8, 4) is 5.95 Å². The van der Waals surface area contributed by atoms with Gasteiger partial charge in [-0.05, 0) is 19.9 Å². The molecule has 0 aliphatic heterocycles. The molecule has 0 aliphatic rings. The zero-order valence-electron chi connectivity index (χ0n) is 8.10. The Balaban J connectivity index is 2.53.